The summed E-state index contributed by atoms with van der Waals surface area (Å²) in [6.45, 7) is 1.43. The van der Waals surface area contributed by atoms with Gasteiger partial charge in [-0.2, -0.15) is 13.2 Å². The van der Waals surface area contributed by atoms with Crippen molar-refractivity contribution >= 4 is 11.9 Å². The minimum atomic E-state index is -4.65. The summed E-state index contributed by atoms with van der Waals surface area (Å²) in [4.78, 5) is 11.4. The van der Waals surface area contributed by atoms with Crippen molar-refractivity contribution in [3.8, 4) is 0 Å². The Hall–Kier alpha value is -1.53. The van der Waals surface area contributed by atoms with Gasteiger partial charge < -0.3 is 9.47 Å². The molecule has 96 valence electrons. The van der Waals surface area contributed by atoms with Crippen LogP contribution in [0, 0.1) is 5.41 Å². The molecule has 0 unspecified atom stereocenters. The van der Waals surface area contributed by atoms with E-state index < -0.39 is 23.5 Å². The highest BCUT2D eigenvalue weighted by molar-refractivity contribution is 5.91. The molecule has 1 rings (SSSR count). The molecule has 0 amide bonds. The van der Waals surface area contributed by atoms with Crippen LogP contribution in [0.25, 0.3) is 0 Å². The second-order valence-electron chi connectivity index (χ2n) is 3.40. The number of allylic oxidation sites excluding steroid dienone is 1. The van der Waals surface area contributed by atoms with Gasteiger partial charge in [-0.05, 0) is 19.8 Å². The summed E-state index contributed by atoms with van der Waals surface area (Å²) in [6, 6.07) is 0. The van der Waals surface area contributed by atoms with E-state index in [-0.39, 0.29) is 31.8 Å². The Morgan fingerprint density at radius 3 is 2.65 bits per heavy atom. The molecule has 0 bridgehead atoms. The molecule has 7 heteroatoms. The highest BCUT2D eigenvalue weighted by Crippen LogP contribution is 2.34. The third-order valence-electron chi connectivity index (χ3n) is 2.13. The Bertz CT molecular complexity index is 360. The second-order valence-corrected chi connectivity index (χ2v) is 3.40. The Morgan fingerprint density at radius 2 is 2.12 bits per heavy atom. The first-order valence-corrected chi connectivity index (χ1v) is 5.09. The molecular weight excluding hydrogens is 239 g/mol. The van der Waals surface area contributed by atoms with E-state index in [9.17, 15) is 18.0 Å². The highest BCUT2D eigenvalue weighted by Gasteiger charge is 2.41. The maximum atomic E-state index is 12.7. The number of rotatable bonds is 2. The highest BCUT2D eigenvalue weighted by atomic mass is 19.4. The van der Waals surface area contributed by atoms with Gasteiger partial charge in [0.05, 0.1) is 12.2 Å². The van der Waals surface area contributed by atoms with E-state index >= 15 is 0 Å². The lowest BCUT2D eigenvalue weighted by Gasteiger charge is -2.14. The smallest absolute Gasteiger partial charge is 0.416 e. The summed E-state index contributed by atoms with van der Waals surface area (Å²) in [6.07, 6.45) is -4.80. The van der Waals surface area contributed by atoms with Crippen molar-refractivity contribution in [1.82, 2.24) is 0 Å². The molecule has 0 atom stereocenters. The molecule has 1 heterocycles. The molecule has 0 saturated carbocycles. The molecular formula is C10H12F3NO3. The zero-order chi connectivity index (χ0) is 13.1. The number of carbonyl (C=O) groups excluding carboxylic acids is 1. The molecule has 1 aliphatic heterocycles. The van der Waals surface area contributed by atoms with E-state index in [0.29, 0.717) is 0 Å². The Labute approximate surface area is 95.9 Å². The number of halogens is 3. The number of hydrogen-bond acceptors (Lipinski definition) is 4. The van der Waals surface area contributed by atoms with Crippen LogP contribution in [0.2, 0.25) is 0 Å². The second kappa shape index (κ2) is 5.20. The zero-order valence-corrected chi connectivity index (χ0v) is 9.19. The number of carbonyl (C=O) groups is 1. The number of nitrogens with one attached hydrogen (secondary N) is 1. The molecule has 1 aliphatic rings. The first-order chi connectivity index (χ1) is 7.86. The van der Waals surface area contributed by atoms with E-state index in [1.165, 1.54) is 6.92 Å². The molecule has 0 saturated heterocycles. The first kappa shape index (κ1) is 13.5. The van der Waals surface area contributed by atoms with Gasteiger partial charge in [0.15, 0.2) is 5.90 Å². The van der Waals surface area contributed by atoms with Crippen LogP contribution >= 0.6 is 0 Å². The Kier molecular flexibility index (Phi) is 4.14. The fraction of sp³-hybridized carbons (Fsp3) is 0.600. The topological polar surface area (TPSA) is 59.4 Å². The van der Waals surface area contributed by atoms with Crippen molar-refractivity contribution in [2.24, 2.45) is 0 Å². The summed E-state index contributed by atoms with van der Waals surface area (Å²) in [5.74, 6) is -2.43. The van der Waals surface area contributed by atoms with Crippen molar-refractivity contribution in [1.29, 1.82) is 5.41 Å². The van der Waals surface area contributed by atoms with Gasteiger partial charge in [-0.1, -0.05) is 0 Å². The normalized spacial score (nSPS) is 17.5. The molecule has 1 N–H and O–H groups in total. The number of ether oxygens (including phenoxy) is 2. The maximum Gasteiger partial charge on any atom is 0.416 e. The van der Waals surface area contributed by atoms with Gasteiger partial charge >= 0.3 is 12.1 Å². The Balaban J connectivity index is 3.12. The Morgan fingerprint density at radius 1 is 1.47 bits per heavy atom. The lowest BCUT2D eigenvalue weighted by Crippen LogP contribution is -2.21. The third-order valence-corrected chi connectivity index (χ3v) is 2.13. The molecule has 0 radical (unpaired) electrons. The van der Waals surface area contributed by atoms with Crippen LogP contribution in [0.3, 0.4) is 0 Å². The summed E-state index contributed by atoms with van der Waals surface area (Å²) < 4.78 is 47.2. The number of esters is 1. The predicted octanol–water partition coefficient (Wildman–Crippen LogP) is 2.54. The zero-order valence-electron chi connectivity index (χ0n) is 9.19. The fourth-order valence-electron chi connectivity index (χ4n) is 1.41. The maximum absolute atomic E-state index is 12.7. The van der Waals surface area contributed by atoms with Gasteiger partial charge in [0.25, 0.3) is 0 Å². The van der Waals surface area contributed by atoms with Crippen molar-refractivity contribution in [2.45, 2.75) is 32.4 Å². The quantitative estimate of drug-likeness (QED) is 0.767. The van der Waals surface area contributed by atoms with E-state index in [1.54, 1.807) is 0 Å². The van der Waals surface area contributed by atoms with E-state index in [4.69, 9.17) is 5.41 Å². The third kappa shape index (κ3) is 3.47. The van der Waals surface area contributed by atoms with Crippen LogP contribution in [0.5, 0.6) is 0 Å². The van der Waals surface area contributed by atoms with E-state index in [1.807, 2.05) is 0 Å². The minimum Gasteiger partial charge on any atom is -0.460 e. The predicted molar refractivity (Wildman–Crippen MR) is 52.4 cm³/mol. The first-order valence-electron chi connectivity index (χ1n) is 5.09. The van der Waals surface area contributed by atoms with Crippen LogP contribution < -0.4 is 0 Å². The summed E-state index contributed by atoms with van der Waals surface area (Å²) in [5.41, 5.74) is -1.06. The summed E-state index contributed by atoms with van der Waals surface area (Å²) in [7, 11) is 0. The summed E-state index contributed by atoms with van der Waals surface area (Å²) >= 11 is 0. The van der Waals surface area contributed by atoms with Crippen LogP contribution in [-0.2, 0) is 14.3 Å². The van der Waals surface area contributed by atoms with E-state index in [2.05, 4.69) is 9.47 Å². The van der Waals surface area contributed by atoms with Crippen molar-refractivity contribution in [3.05, 3.63) is 11.3 Å². The average molecular weight is 251 g/mol. The molecule has 0 spiro atoms. The van der Waals surface area contributed by atoms with E-state index in [0.717, 1.165) is 0 Å². The SMILES string of the molecule is CCOC(=O)C1=C(C(F)(F)F)CCCC(=N)O1. The molecule has 0 fully saturated rings. The van der Waals surface area contributed by atoms with Gasteiger partial charge in [0.2, 0.25) is 5.76 Å². The van der Waals surface area contributed by atoms with Gasteiger partial charge in [0, 0.05) is 6.42 Å². The molecule has 0 aromatic carbocycles. The average Bonchev–Trinajstić information content (AvgIpc) is 2.39. The minimum absolute atomic E-state index is 0.0514. The number of alkyl halides is 3. The fourth-order valence-corrected chi connectivity index (χ4v) is 1.41. The van der Waals surface area contributed by atoms with Crippen LogP contribution in [0.4, 0.5) is 13.2 Å². The molecule has 0 aliphatic carbocycles. The molecule has 17 heavy (non-hydrogen) atoms. The number of hydrogen-bond donors (Lipinski definition) is 1. The monoisotopic (exact) mass is 251 g/mol. The van der Waals surface area contributed by atoms with Gasteiger partial charge in [0.1, 0.15) is 0 Å². The standard InChI is InChI=1S/C10H12F3NO3/c1-2-16-9(15)8-6(10(11,12)13)4-3-5-7(14)17-8/h14H,2-5H2,1H3. The van der Waals surface area contributed by atoms with Crippen molar-refractivity contribution in [3.63, 3.8) is 0 Å². The van der Waals surface area contributed by atoms with Crippen molar-refractivity contribution < 1.29 is 27.4 Å². The van der Waals surface area contributed by atoms with Gasteiger partial charge in [-0.25, -0.2) is 4.79 Å². The van der Waals surface area contributed by atoms with Crippen LogP contribution in [-0.4, -0.2) is 24.7 Å². The summed E-state index contributed by atoms with van der Waals surface area (Å²) in [5, 5.41) is 7.25. The molecule has 0 aromatic heterocycles. The van der Waals surface area contributed by atoms with Crippen LogP contribution in [0.15, 0.2) is 11.3 Å². The molecule has 0 aromatic rings. The van der Waals surface area contributed by atoms with Gasteiger partial charge in [-0.3, -0.25) is 5.41 Å². The largest absolute Gasteiger partial charge is 0.460 e. The lowest BCUT2D eigenvalue weighted by molar-refractivity contribution is -0.143. The van der Waals surface area contributed by atoms with Crippen LogP contribution in [0.1, 0.15) is 26.2 Å². The van der Waals surface area contributed by atoms with Crippen molar-refractivity contribution in [2.75, 3.05) is 6.61 Å². The molecule has 4 nitrogen and oxygen atoms in total. The lowest BCUT2D eigenvalue weighted by atomic mass is 10.1. The van der Waals surface area contributed by atoms with Gasteiger partial charge in [-0.15, -0.1) is 0 Å².